The molecule has 1 aromatic carbocycles. The maximum atomic E-state index is 12.0. The van der Waals surface area contributed by atoms with Crippen LogP contribution in [0.1, 0.15) is 45.1 Å². The molecule has 4 nitrogen and oxygen atoms in total. The monoisotopic (exact) mass is 292 g/mol. The van der Waals surface area contributed by atoms with Crippen molar-refractivity contribution in [1.82, 2.24) is 0 Å². The SMILES string of the molecule is CCCCCCOC(=O)C1OC1(C)c1ccc(OC)cc1. The lowest BCUT2D eigenvalue weighted by molar-refractivity contribution is -0.145. The van der Waals surface area contributed by atoms with E-state index in [4.69, 9.17) is 14.2 Å². The molecule has 1 aliphatic heterocycles. The number of methoxy groups -OCH3 is 1. The summed E-state index contributed by atoms with van der Waals surface area (Å²) in [5.41, 5.74) is 0.406. The predicted molar refractivity (Wildman–Crippen MR) is 80.3 cm³/mol. The highest BCUT2D eigenvalue weighted by molar-refractivity contribution is 5.79. The van der Waals surface area contributed by atoms with E-state index in [0.717, 1.165) is 24.2 Å². The first-order chi connectivity index (χ1) is 10.1. The van der Waals surface area contributed by atoms with E-state index in [1.807, 2.05) is 31.2 Å². The van der Waals surface area contributed by atoms with Crippen molar-refractivity contribution in [3.8, 4) is 5.75 Å². The first-order valence-electron chi connectivity index (χ1n) is 7.60. The van der Waals surface area contributed by atoms with Gasteiger partial charge in [-0.2, -0.15) is 0 Å². The van der Waals surface area contributed by atoms with Gasteiger partial charge >= 0.3 is 5.97 Å². The van der Waals surface area contributed by atoms with Gasteiger partial charge in [-0.3, -0.25) is 0 Å². The fourth-order valence-electron chi connectivity index (χ4n) is 2.40. The van der Waals surface area contributed by atoms with Crippen LogP contribution in [0, 0.1) is 0 Å². The van der Waals surface area contributed by atoms with Crippen LogP contribution in [0.3, 0.4) is 0 Å². The average molecular weight is 292 g/mol. The van der Waals surface area contributed by atoms with Crippen molar-refractivity contribution in [1.29, 1.82) is 0 Å². The first kappa shape index (κ1) is 15.8. The molecule has 116 valence electrons. The zero-order valence-corrected chi connectivity index (χ0v) is 13.1. The Kier molecular flexibility index (Phi) is 5.23. The van der Waals surface area contributed by atoms with Gasteiger partial charge in [-0.1, -0.05) is 38.3 Å². The Bertz CT molecular complexity index is 468. The lowest BCUT2D eigenvalue weighted by Gasteiger charge is -2.08. The van der Waals surface area contributed by atoms with Crippen molar-refractivity contribution in [3.63, 3.8) is 0 Å². The third-order valence-corrected chi connectivity index (χ3v) is 3.93. The van der Waals surface area contributed by atoms with Crippen molar-refractivity contribution >= 4 is 5.97 Å². The van der Waals surface area contributed by atoms with Crippen LogP contribution in [-0.2, 0) is 19.9 Å². The standard InChI is InChI=1S/C17H24O4/c1-4-5-6-7-12-20-16(18)15-17(2,21-15)13-8-10-14(19-3)11-9-13/h8-11,15H,4-7,12H2,1-3H3. The first-order valence-corrected chi connectivity index (χ1v) is 7.60. The minimum atomic E-state index is -0.563. The quantitative estimate of drug-likeness (QED) is 0.418. The van der Waals surface area contributed by atoms with Gasteiger partial charge in [0.1, 0.15) is 11.4 Å². The van der Waals surface area contributed by atoms with Crippen molar-refractivity contribution in [2.24, 2.45) is 0 Å². The summed E-state index contributed by atoms with van der Waals surface area (Å²) < 4.78 is 16.0. The van der Waals surface area contributed by atoms with E-state index in [0.29, 0.717) is 6.61 Å². The second kappa shape index (κ2) is 6.94. The van der Waals surface area contributed by atoms with Gasteiger partial charge in [0.15, 0.2) is 6.10 Å². The lowest BCUT2D eigenvalue weighted by Crippen LogP contribution is -2.19. The van der Waals surface area contributed by atoms with Gasteiger partial charge in [-0.25, -0.2) is 4.79 Å². The molecule has 0 bridgehead atoms. The van der Waals surface area contributed by atoms with E-state index >= 15 is 0 Å². The zero-order chi connectivity index (χ0) is 15.3. The van der Waals surface area contributed by atoms with E-state index in [-0.39, 0.29) is 5.97 Å². The van der Waals surface area contributed by atoms with Crippen LogP contribution >= 0.6 is 0 Å². The van der Waals surface area contributed by atoms with Crippen LogP contribution < -0.4 is 4.74 Å². The van der Waals surface area contributed by atoms with Crippen LogP contribution in [0.15, 0.2) is 24.3 Å². The molecule has 1 aromatic rings. The van der Waals surface area contributed by atoms with Crippen LogP contribution in [0.5, 0.6) is 5.75 Å². The molecular formula is C17H24O4. The van der Waals surface area contributed by atoms with Crippen molar-refractivity contribution in [3.05, 3.63) is 29.8 Å². The van der Waals surface area contributed by atoms with Gasteiger partial charge in [-0.15, -0.1) is 0 Å². The highest BCUT2D eigenvalue weighted by Gasteiger charge is 2.59. The number of esters is 1. The fourth-order valence-corrected chi connectivity index (χ4v) is 2.40. The van der Waals surface area contributed by atoms with E-state index in [9.17, 15) is 4.79 Å². The summed E-state index contributed by atoms with van der Waals surface area (Å²) in [6, 6.07) is 7.59. The Morgan fingerprint density at radius 3 is 2.57 bits per heavy atom. The number of carbonyl (C=O) groups excluding carboxylic acids is 1. The van der Waals surface area contributed by atoms with E-state index < -0.39 is 11.7 Å². The van der Waals surface area contributed by atoms with Gasteiger partial charge in [0.25, 0.3) is 0 Å². The van der Waals surface area contributed by atoms with Gasteiger partial charge in [0, 0.05) is 0 Å². The number of carbonyl (C=O) groups is 1. The molecule has 21 heavy (non-hydrogen) atoms. The molecule has 1 heterocycles. The number of benzene rings is 1. The summed E-state index contributed by atoms with van der Waals surface area (Å²) in [5.74, 6) is 0.530. The smallest absolute Gasteiger partial charge is 0.338 e. The fraction of sp³-hybridized carbons (Fsp3) is 0.588. The summed E-state index contributed by atoms with van der Waals surface area (Å²) in [6.07, 6.45) is 3.89. The van der Waals surface area contributed by atoms with Gasteiger partial charge in [0.2, 0.25) is 0 Å². The Morgan fingerprint density at radius 2 is 1.95 bits per heavy atom. The Hall–Kier alpha value is -1.55. The maximum Gasteiger partial charge on any atom is 0.338 e. The average Bonchev–Trinajstić information content (AvgIpc) is 3.20. The topological polar surface area (TPSA) is 48.1 Å². The van der Waals surface area contributed by atoms with Gasteiger partial charge in [-0.05, 0) is 31.0 Å². The molecule has 1 saturated heterocycles. The number of hydrogen-bond donors (Lipinski definition) is 0. The largest absolute Gasteiger partial charge is 0.497 e. The molecule has 0 aliphatic carbocycles. The maximum absolute atomic E-state index is 12.0. The highest BCUT2D eigenvalue weighted by atomic mass is 16.7. The number of ether oxygens (including phenoxy) is 3. The molecule has 4 heteroatoms. The minimum Gasteiger partial charge on any atom is -0.497 e. The third-order valence-electron chi connectivity index (χ3n) is 3.93. The second-order valence-electron chi connectivity index (χ2n) is 5.56. The molecule has 0 aromatic heterocycles. The zero-order valence-electron chi connectivity index (χ0n) is 13.1. The van der Waals surface area contributed by atoms with Crippen LogP contribution in [-0.4, -0.2) is 25.8 Å². The lowest BCUT2D eigenvalue weighted by atomic mass is 9.97. The molecule has 0 saturated carbocycles. The molecule has 2 unspecified atom stereocenters. The van der Waals surface area contributed by atoms with Gasteiger partial charge in [0.05, 0.1) is 13.7 Å². The number of hydrogen-bond acceptors (Lipinski definition) is 4. The summed E-state index contributed by atoms with van der Waals surface area (Å²) in [7, 11) is 1.63. The Balaban J connectivity index is 1.82. The number of rotatable bonds is 8. The van der Waals surface area contributed by atoms with Crippen LogP contribution in [0.2, 0.25) is 0 Å². The normalized spacial score (nSPS) is 23.7. The minimum absolute atomic E-state index is 0.259. The molecule has 0 radical (unpaired) electrons. The van der Waals surface area contributed by atoms with E-state index in [1.165, 1.54) is 12.8 Å². The summed E-state index contributed by atoms with van der Waals surface area (Å²) in [4.78, 5) is 12.0. The molecule has 0 spiro atoms. The molecule has 0 N–H and O–H groups in total. The van der Waals surface area contributed by atoms with Crippen molar-refractivity contribution in [2.45, 2.75) is 51.2 Å². The highest BCUT2D eigenvalue weighted by Crippen LogP contribution is 2.46. The van der Waals surface area contributed by atoms with Crippen molar-refractivity contribution in [2.75, 3.05) is 13.7 Å². The molecule has 0 amide bonds. The number of epoxide rings is 1. The molecule has 1 fully saturated rings. The number of unbranched alkanes of at least 4 members (excludes halogenated alkanes) is 3. The van der Waals surface area contributed by atoms with E-state index in [2.05, 4.69) is 6.92 Å². The summed E-state index contributed by atoms with van der Waals surface area (Å²) in [5, 5.41) is 0. The molecule has 2 atom stereocenters. The second-order valence-corrected chi connectivity index (χ2v) is 5.56. The van der Waals surface area contributed by atoms with Crippen LogP contribution in [0.25, 0.3) is 0 Å². The molecule has 1 aliphatic rings. The van der Waals surface area contributed by atoms with Gasteiger partial charge < -0.3 is 14.2 Å². The van der Waals surface area contributed by atoms with Crippen LogP contribution in [0.4, 0.5) is 0 Å². The van der Waals surface area contributed by atoms with Crippen molar-refractivity contribution < 1.29 is 19.0 Å². The molecule has 2 rings (SSSR count). The summed E-state index contributed by atoms with van der Waals surface area (Å²) >= 11 is 0. The molecular weight excluding hydrogens is 268 g/mol. The summed E-state index contributed by atoms with van der Waals surface area (Å²) in [6.45, 7) is 4.56. The Labute approximate surface area is 126 Å². The third kappa shape index (κ3) is 3.76. The van der Waals surface area contributed by atoms with E-state index in [1.54, 1.807) is 7.11 Å². The Morgan fingerprint density at radius 1 is 1.24 bits per heavy atom. The predicted octanol–water partition coefficient (Wildman–Crippen LogP) is 3.43.